The monoisotopic (exact) mass is 339 g/mol. The van der Waals surface area contributed by atoms with Crippen molar-refractivity contribution >= 4 is 39.3 Å². The van der Waals surface area contributed by atoms with Crippen LogP contribution in [0.2, 0.25) is 0 Å². The van der Waals surface area contributed by atoms with E-state index in [-0.39, 0.29) is 0 Å². The fourth-order valence-corrected chi connectivity index (χ4v) is 2.43. The molecule has 0 aliphatic rings. The van der Waals surface area contributed by atoms with E-state index < -0.39 is 5.97 Å². The van der Waals surface area contributed by atoms with Crippen LogP contribution in [-0.4, -0.2) is 16.1 Å². The number of ether oxygens (including phenoxy) is 1. The van der Waals surface area contributed by atoms with Crippen LogP contribution < -0.4 is 4.74 Å². The van der Waals surface area contributed by atoms with E-state index >= 15 is 0 Å². The van der Waals surface area contributed by atoms with Gasteiger partial charge in [0.2, 0.25) is 0 Å². The van der Waals surface area contributed by atoms with Gasteiger partial charge in [0.25, 0.3) is 0 Å². The van der Waals surface area contributed by atoms with E-state index in [1.165, 1.54) is 17.4 Å². The van der Waals surface area contributed by atoms with E-state index in [4.69, 9.17) is 9.84 Å². The minimum absolute atomic E-state index is 0.404. The second kappa shape index (κ2) is 6.49. The Balaban J connectivity index is 2.20. The van der Waals surface area contributed by atoms with Crippen LogP contribution in [0.25, 0.3) is 6.08 Å². The van der Waals surface area contributed by atoms with Crippen LogP contribution in [0, 0.1) is 0 Å². The number of carboxylic acids is 1. The summed E-state index contributed by atoms with van der Waals surface area (Å²) in [6.45, 7) is 0.404. The van der Waals surface area contributed by atoms with Crippen molar-refractivity contribution in [2.45, 2.75) is 6.61 Å². The molecule has 6 heteroatoms. The van der Waals surface area contributed by atoms with Gasteiger partial charge < -0.3 is 9.84 Å². The van der Waals surface area contributed by atoms with Crippen molar-refractivity contribution in [3.8, 4) is 5.75 Å². The molecular formula is C13H10BrNO3S. The van der Waals surface area contributed by atoms with Crippen LogP contribution in [0.3, 0.4) is 0 Å². The zero-order valence-corrected chi connectivity index (χ0v) is 12.1. The smallest absolute Gasteiger partial charge is 0.328 e. The lowest BCUT2D eigenvalue weighted by Crippen LogP contribution is -1.96. The molecule has 0 atom stereocenters. The van der Waals surface area contributed by atoms with Gasteiger partial charge in [-0.25, -0.2) is 4.79 Å². The number of carbonyl (C=O) groups is 1. The SMILES string of the molecule is O=C(O)/C=C/c1cccc(Br)c1OCc1cncs1. The molecule has 1 aromatic heterocycles. The van der Waals surface area contributed by atoms with Crippen LogP contribution in [0.15, 0.2) is 40.5 Å². The van der Waals surface area contributed by atoms with Crippen molar-refractivity contribution in [1.29, 1.82) is 0 Å². The van der Waals surface area contributed by atoms with E-state index in [9.17, 15) is 4.79 Å². The first-order chi connectivity index (χ1) is 9.16. The van der Waals surface area contributed by atoms with Gasteiger partial charge in [-0.15, -0.1) is 11.3 Å². The van der Waals surface area contributed by atoms with E-state index in [1.54, 1.807) is 17.8 Å². The lowest BCUT2D eigenvalue weighted by atomic mass is 10.2. The summed E-state index contributed by atoms with van der Waals surface area (Å²) in [5.74, 6) is -0.373. The highest BCUT2D eigenvalue weighted by Gasteiger charge is 2.07. The molecule has 1 N–H and O–H groups in total. The summed E-state index contributed by atoms with van der Waals surface area (Å²) in [6, 6.07) is 5.47. The number of aromatic nitrogens is 1. The number of thiazole rings is 1. The Morgan fingerprint density at radius 1 is 1.53 bits per heavy atom. The lowest BCUT2D eigenvalue weighted by molar-refractivity contribution is -0.131. The third kappa shape index (κ3) is 3.90. The Morgan fingerprint density at radius 3 is 3.05 bits per heavy atom. The summed E-state index contributed by atoms with van der Waals surface area (Å²) in [4.78, 5) is 15.5. The Bertz CT molecular complexity index is 596. The van der Waals surface area contributed by atoms with Gasteiger partial charge in [-0.2, -0.15) is 0 Å². The maximum absolute atomic E-state index is 10.6. The van der Waals surface area contributed by atoms with Crippen molar-refractivity contribution in [1.82, 2.24) is 4.98 Å². The standard InChI is InChI=1S/C13H10BrNO3S/c14-11-3-1-2-9(4-5-12(16)17)13(11)18-7-10-6-15-8-19-10/h1-6,8H,7H2,(H,16,17)/b5-4+. The molecule has 0 spiro atoms. The predicted molar refractivity (Wildman–Crippen MR) is 77.3 cm³/mol. The summed E-state index contributed by atoms with van der Waals surface area (Å²) in [6.07, 6.45) is 4.34. The van der Waals surface area contributed by atoms with E-state index in [0.717, 1.165) is 15.4 Å². The summed E-state index contributed by atoms with van der Waals surface area (Å²) in [5.41, 5.74) is 2.45. The van der Waals surface area contributed by atoms with Gasteiger partial charge in [0.05, 0.1) is 14.9 Å². The number of halogens is 1. The van der Waals surface area contributed by atoms with Gasteiger partial charge in [0.1, 0.15) is 12.4 Å². The van der Waals surface area contributed by atoms with Crippen molar-refractivity contribution in [3.05, 3.63) is 50.9 Å². The third-order valence-corrected chi connectivity index (χ3v) is 3.62. The highest BCUT2D eigenvalue weighted by atomic mass is 79.9. The number of hydrogen-bond acceptors (Lipinski definition) is 4. The molecule has 0 saturated carbocycles. The quantitative estimate of drug-likeness (QED) is 0.845. The minimum Gasteiger partial charge on any atom is -0.486 e. The first kappa shape index (κ1) is 13.8. The average Bonchev–Trinajstić information content (AvgIpc) is 2.88. The molecule has 0 radical (unpaired) electrons. The number of rotatable bonds is 5. The normalized spacial score (nSPS) is 10.8. The Morgan fingerprint density at radius 2 is 2.37 bits per heavy atom. The molecule has 0 amide bonds. The van der Waals surface area contributed by atoms with Crippen molar-refractivity contribution in [2.24, 2.45) is 0 Å². The van der Waals surface area contributed by atoms with Gasteiger partial charge in [-0.3, -0.25) is 4.98 Å². The Hall–Kier alpha value is -1.66. The molecule has 2 aromatic rings. The topological polar surface area (TPSA) is 59.4 Å². The van der Waals surface area contributed by atoms with E-state index in [2.05, 4.69) is 20.9 Å². The number of para-hydroxylation sites is 1. The first-order valence-corrected chi connectivity index (χ1v) is 7.04. The largest absolute Gasteiger partial charge is 0.486 e. The van der Waals surface area contributed by atoms with E-state index in [0.29, 0.717) is 17.9 Å². The maximum atomic E-state index is 10.6. The van der Waals surface area contributed by atoms with Crippen LogP contribution in [0.4, 0.5) is 0 Å². The minimum atomic E-state index is -0.992. The number of carboxylic acid groups (broad SMARTS) is 1. The van der Waals surface area contributed by atoms with Gasteiger partial charge in [0, 0.05) is 17.8 Å². The van der Waals surface area contributed by atoms with Crippen molar-refractivity contribution < 1.29 is 14.6 Å². The summed E-state index contributed by atoms with van der Waals surface area (Å²) in [7, 11) is 0. The fraction of sp³-hybridized carbons (Fsp3) is 0.0769. The molecule has 1 heterocycles. The second-order valence-corrected chi connectivity index (χ2v) is 5.41. The Kier molecular flexibility index (Phi) is 4.70. The number of nitrogens with zero attached hydrogens (tertiary/aromatic N) is 1. The predicted octanol–water partition coefficient (Wildman–Crippen LogP) is 3.58. The molecule has 98 valence electrons. The van der Waals surface area contributed by atoms with Crippen LogP contribution in [-0.2, 0) is 11.4 Å². The maximum Gasteiger partial charge on any atom is 0.328 e. The fourth-order valence-electron chi connectivity index (χ4n) is 1.43. The average molecular weight is 340 g/mol. The lowest BCUT2D eigenvalue weighted by Gasteiger charge is -2.10. The van der Waals surface area contributed by atoms with Crippen LogP contribution in [0.5, 0.6) is 5.75 Å². The number of benzene rings is 1. The first-order valence-electron chi connectivity index (χ1n) is 5.36. The van der Waals surface area contributed by atoms with Crippen LogP contribution >= 0.6 is 27.3 Å². The summed E-state index contributed by atoms with van der Waals surface area (Å²) >= 11 is 4.91. The molecule has 1 aromatic carbocycles. The molecule has 19 heavy (non-hydrogen) atoms. The Labute approximate surface area is 122 Å². The molecule has 2 rings (SSSR count). The molecular weight excluding hydrogens is 330 g/mol. The molecule has 0 unspecified atom stereocenters. The molecule has 0 bridgehead atoms. The zero-order valence-electron chi connectivity index (χ0n) is 9.75. The number of aliphatic carboxylic acids is 1. The highest BCUT2D eigenvalue weighted by Crippen LogP contribution is 2.31. The van der Waals surface area contributed by atoms with Gasteiger partial charge in [-0.1, -0.05) is 12.1 Å². The van der Waals surface area contributed by atoms with E-state index in [1.807, 2.05) is 12.1 Å². The molecule has 4 nitrogen and oxygen atoms in total. The van der Waals surface area contributed by atoms with Crippen LogP contribution in [0.1, 0.15) is 10.4 Å². The second-order valence-electron chi connectivity index (χ2n) is 3.59. The van der Waals surface area contributed by atoms with Gasteiger partial charge in [0.15, 0.2) is 0 Å². The third-order valence-electron chi connectivity index (χ3n) is 2.25. The summed E-state index contributed by atoms with van der Waals surface area (Å²) < 4.78 is 6.51. The van der Waals surface area contributed by atoms with Gasteiger partial charge >= 0.3 is 5.97 Å². The molecule has 0 aliphatic carbocycles. The molecule has 0 aliphatic heterocycles. The highest BCUT2D eigenvalue weighted by molar-refractivity contribution is 9.10. The van der Waals surface area contributed by atoms with Crippen molar-refractivity contribution in [2.75, 3.05) is 0 Å². The van der Waals surface area contributed by atoms with Gasteiger partial charge in [-0.05, 0) is 28.1 Å². The number of hydrogen-bond donors (Lipinski definition) is 1. The zero-order chi connectivity index (χ0) is 13.7. The van der Waals surface area contributed by atoms with Crippen molar-refractivity contribution in [3.63, 3.8) is 0 Å². The molecule has 0 fully saturated rings. The molecule has 0 saturated heterocycles. The summed E-state index contributed by atoms with van der Waals surface area (Å²) in [5, 5.41) is 8.67.